The van der Waals surface area contributed by atoms with Crippen LogP contribution in [0.5, 0.6) is 11.5 Å². The van der Waals surface area contributed by atoms with Gasteiger partial charge in [-0.25, -0.2) is 4.79 Å². The molecule has 0 fully saturated rings. The van der Waals surface area contributed by atoms with E-state index in [1.807, 2.05) is 6.07 Å². The van der Waals surface area contributed by atoms with Crippen LogP contribution in [0.2, 0.25) is 5.02 Å². The predicted molar refractivity (Wildman–Crippen MR) is 82.3 cm³/mol. The first-order valence-corrected chi connectivity index (χ1v) is 6.86. The summed E-state index contributed by atoms with van der Waals surface area (Å²) >= 11 is 9.42. The fraction of sp³-hybridized carbons (Fsp3) is 0. The van der Waals surface area contributed by atoms with Crippen molar-refractivity contribution in [2.45, 2.75) is 0 Å². The molecular formula is C15H10BrClO3. The van der Waals surface area contributed by atoms with Gasteiger partial charge in [0.15, 0.2) is 0 Å². The van der Waals surface area contributed by atoms with Crippen LogP contribution in [0.15, 0.2) is 53.0 Å². The van der Waals surface area contributed by atoms with E-state index in [4.69, 9.17) is 21.4 Å². The lowest BCUT2D eigenvalue weighted by molar-refractivity contribution is -0.131. The van der Waals surface area contributed by atoms with E-state index in [9.17, 15) is 4.79 Å². The summed E-state index contributed by atoms with van der Waals surface area (Å²) in [5.74, 6) is 0.0162. The molecule has 0 aliphatic heterocycles. The van der Waals surface area contributed by atoms with Crippen LogP contribution in [0.3, 0.4) is 0 Å². The van der Waals surface area contributed by atoms with Crippen LogP contribution in [0, 0.1) is 0 Å². The molecule has 2 rings (SSSR count). The van der Waals surface area contributed by atoms with E-state index in [0.29, 0.717) is 22.1 Å². The SMILES string of the molecule is O=C(O)C=Cc1ccccc1Oc1cc(Br)ccc1Cl. The van der Waals surface area contributed by atoms with Crippen molar-refractivity contribution in [3.8, 4) is 11.5 Å². The van der Waals surface area contributed by atoms with Crippen LogP contribution in [-0.4, -0.2) is 11.1 Å². The Morgan fingerprint density at radius 3 is 2.70 bits per heavy atom. The highest BCUT2D eigenvalue weighted by molar-refractivity contribution is 9.10. The number of carbonyl (C=O) groups is 1. The van der Waals surface area contributed by atoms with Gasteiger partial charge in [0, 0.05) is 16.1 Å². The molecule has 20 heavy (non-hydrogen) atoms. The third-order valence-corrected chi connectivity index (χ3v) is 3.24. The first-order chi connectivity index (χ1) is 9.56. The lowest BCUT2D eigenvalue weighted by atomic mass is 10.2. The summed E-state index contributed by atoms with van der Waals surface area (Å²) in [5, 5.41) is 9.16. The third kappa shape index (κ3) is 3.85. The summed E-state index contributed by atoms with van der Waals surface area (Å²) in [6, 6.07) is 12.4. The highest BCUT2D eigenvalue weighted by Gasteiger charge is 2.06. The van der Waals surface area contributed by atoms with Gasteiger partial charge in [0.05, 0.1) is 5.02 Å². The number of aliphatic carboxylic acids is 1. The number of para-hydroxylation sites is 1. The van der Waals surface area contributed by atoms with Gasteiger partial charge in [0.25, 0.3) is 0 Å². The Kier molecular flexibility index (Phi) is 4.82. The van der Waals surface area contributed by atoms with Crippen molar-refractivity contribution in [2.75, 3.05) is 0 Å². The van der Waals surface area contributed by atoms with Crippen molar-refractivity contribution < 1.29 is 14.6 Å². The molecule has 0 aliphatic rings. The molecule has 5 heteroatoms. The van der Waals surface area contributed by atoms with Gasteiger partial charge in [-0.05, 0) is 30.3 Å². The Hall–Kier alpha value is -1.78. The minimum absolute atomic E-state index is 0.477. The fourth-order valence-electron chi connectivity index (χ4n) is 1.55. The summed E-state index contributed by atoms with van der Waals surface area (Å²) in [6.45, 7) is 0. The van der Waals surface area contributed by atoms with Gasteiger partial charge < -0.3 is 9.84 Å². The smallest absolute Gasteiger partial charge is 0.328 e. The summed E-state index contributed by atoms with van der Waals surface area (Å²) in [7, 11) is 0. The number of hydrogen-bond donors (Lipinski definition) is 1. The largest absolute Gasteiger partial charge is 0.478 e. The van der Waals surface area contributed by atoms with Gasteiger partial charge in [0.1, 0.15) is 11.5 Å². The Morgan fingerprint density at radius 2 is 1.95 bits per heavy atom. The topological polar surface area (TPSA) is 46.5 Å². The van der Waals surface area contributed by atoms with E-state index in [-0.39, 0.29) is 0 Å². The number of carboxylic acids is 1. The zero-order chi connectivity index (χ0) is 14.5. The molecule has 0 aliphatic carbocycles. The summed E-state index contributed by atoms with van der Waals surface area (Å²) < 4.78 is 6.59. The Labute approximate surface area is 129 Å². The molecule has 0 saturated carbocycles. The van der Waals surface area contributed by atoms with E-state index in [1.165, 1.54) is 6.08 Å². The summed E-state index contributed by atoms with van der Waals surface area (Å²) in [5.41, 5.74) is 0.658. The second-order valence-corrected chi connectivity index (χ2v) is 5.21. The van der Waals surface area contributed by atoms with Crippen LogP contribution < -0.4 is 4.74 Å². The molecule has 0 spiro atoms. The molecule has 102 valence electrons. The van der Waals surface area contributed by atoms with Crippen molar-refractivity contribution >= 4 is 39.6 Å². The second-order valence-electron chi connectivity index (χ2n) is 3.89. The normalized spacial score (nSPS) is 10.7. The average Bonchev–Trinajstić information content (AvgIpc) is 2.42. The maximum atomic E-state index is 10.6. The Balaban J connectivity index is 2.34. The molecule has 1 N–H and O–H groups in total. The number of carboxylic acid groups (broad SMARTS) is 1. The number of ether oxygens (including phenoxy) is 1. The van der Waals surface area contributed by atoms with Gasteiger partial charge in [-0.3, -0.25) is 0 Å². The van der Waals surface area contributed by atoms with Crippen LogP contribution in [0.1, 0.15) is 5.56 Å². The molecule has 3 nitrogen and oxygen atoms in total. The molecule has 2 aromatic rings. The van der Waals surface area contributed by atoms with Gasteiger partial charge >= 0.3 is 5.97 Å². The van der Waals surface area contributed by atoms with E-state index >= 15 is 0 Å². The Bertz CT molecular complexity index is 668. The first kappa shape index (κ1) is 14.6. The van der Waals surface area contributed by atoms with Gasteiger partial charge in [0.2, 0.25) is 0 Å². The van der Waals surface area contributed by atoms with Crippen molar-refractivity contribution in [1.82, 2.24) is 0 Å². The Morgan fingerprint density at radius 1 is 1.20 bits per heavy atom. The number of halogens is 2. The lowest BCUT2D eigenvalue weighted by Crippen LogP contribution is -1.90. The van der Waals surface area contributed by atoms with Gasteiger partial charge in [-0.1, -0.05) is 45.7 Å². The molecule has 0 heterocycles. The quantitative estimate of drug-likeness (QED) is 0.787. The first-order valence-electron chi connectivity index (χ1n) is 5.69. The summed E-state index contributed by atoms with van der Waals surface area (Å²) in [6.07, 6.45) is 2.54. The van der Waals surface area contributed by atoms with Crippen molar-refractivity contribution in [1.29, 1.82) is 0 Å². The molecule has 0 atom stereocenters. The molecule has 0 saturated heterocycles. The van der Waals surface area contributed by atoms with E-state index in [1.54, 1.807) is 36.4 Å². The van der Waals surface area contributed by atoms with Crippen LogP contribution in [-0.2, 0) is 4.79 Å². The van der Waals surface area contributed by atoms with E-state index in [0.717, 1.165) is 10.5 Å². The number of rotatable bonds is 4. The molecule has 0 amide bonds. The van der Waals surface area contributed by atoms with Gasteiger partial charge in [-0.15, -0.1) is 0 Å². The van der Waals surface area contributed by atoms with Crippen LogP contribution in [0.4, 0.5) is 0 Å². The molecule has 0 bridgehead atoms. The molecular weight excluding hydrogens is 344 g/mol. The van der Waals surface area contributed by atoms with Crippen molar-refractivity contribution in [3.05, 3.63) is 63.6 Å². The standard InChI is InChI=1S/C15H10BrClO3/c16-11-6-7-12(17)14(9-11)20-13-4-2-1-3-10(13)5-8-15(18)19/h1-9H,(H,18,19). The minimum atomic E-state index is -1.01. The van der Waals surface area contributed by atoms with Crippen LogP contribution >= 0.6 is 27.5 Å². The van der Waals surface area contributed by atoms with Crippen molar-refractivity contribution in [2.24, 2.45) is 0 Å². The summed E-state index contributed by atoms with van der Waals surface area (Å²) in [4.78, 5) is 10.6. The highest BCUT2D eigenvalue weighted by atomic mass is 79.9. The minimum Gasteiger partial charge on any atom is -0.478 e. The maximum absolute atomic E-state index is 10.6. The zero-order valence-electron chi connectivity index (χ0n) is 10.2. The molecule has 0 unspecified atom stereocenters. The van der Waals surface area contributed by atoms with E-state index in [2.05, 4.69) is 15.9 Å². The van der Waals surface area contributed by atoms with Gasteiger partial charge in [-0.2, -0.15) is 0 Å². The van der Waals surface area contributed by atoms with Crippen LogP contribution in [0.25, 0.3) is 6.08 Å². The third-order valence-electron chi connectivity index (χ3n) is 2.44. The number of hydrogen-bond acceptors (Lipinski definition) is 2. The highest BCUT2D eigenvalue weighted by Crippen LogP contribution is 2.33. The predicted octanol–water partition coefficient (Wildman–Crippen LogP) is 4.99. The molecule has 2 aromatic carbocycles. The maximum Gasteiger partial charge on any atom is 0.328 e. The molecule has 0 aromatic heterocycles. The fourth-order valence-corrected chi connectivity index (χ4v) is 2.04. The van der Waals surface area contributed by atoms with E-state index < -0.39 is 5.97 Å². The monoisotopic (exact) mass is 352 g/mol. The zero-order valence-corrected chi connectivity index (χ0v) is 12.6. The molecule has 0 radical (unpaired) electrons. The average molecular weight is 354 g/mol. The van der Waals surface area contributed by atoms with Crippen molar-refractivity contribution in [3.63, 3.8) is 0 Å². The number of benzene rings is 2. The second kappa shape index (κ2) is 6.59. The lowest BCUT2D eigenvalue weighted by Gasteiger charge is -2.10.